The van der Waals surface area contributed by atoms with Crippen LogP contribution >= 0.6 is 0 Å². The van der Waals surface area contributed by atoms with E-state index in [1.165, 1.54) is 0 Å². The number of ether oxygens (including phenoxy) is 1. The molecule has 0 aromatic carbocycles. The van der Waals surface area contributed by atoms with Crippen LogP contribution in [0, 0.1) is 17.3 Å². The molecule has 0 aromatic heterocycles. The number of carbonyl (C=O) groups is 2. The van der Waals surface area contributed by atoms with Gasteiger partial charge < -0.3 is 9.84 Å². The molecule has 0 bridgehead atoms. The quantitative estimate of drug-likeness (QED) is 0.590. The van der Waals surface area contributed by atoms with Crippen LogP contribution in [0.4, 0.5) is 4.39 Å². The number of esters is 1. The van der Waals surface area contributed by atoms with Gasteiger partial charge in [-0.2, -0.15) is 4.39 Å². The van der Waals surface area contributed by atoms with E-state index < -0.39 is 35.0 Å². The van der Waals surface area contributed by atoms with Gasteiger partial charge in [0, 0.05) is 0 Å². The van der Waals surface area contributed by atoms with Gasteiger partial charge in [0.1, 0.15) is 0 Å². The Bertz CT molecular complexity index is 346. The Kier molecular flexibility index (Phi) is 3.35. The van der Waals surface area contributed by atoms with Gasteiger partial charge >= 0.3 is 11.9 Å². The highest BCUT2D eigenvalue weighted by atomic mass is 19.1. The van der Waals surface area contributed by atoms with Gasteiger partial charge in [0.15, 0.2) is 0 Å². The molecule has 1 saturated carbocycles. The fourth-order valence-corrected chi connectivity index (χ4v) is 1.89. The van der Waals surface area contributed by atoms with Crippen molar-refractivity contribution in [1.29, 1.82) is 0 Å². The Labute approximate surface area is 93.1 Å². The van der Waals surface area contributed by atoms with Crippen LogP contribution in [0.25, 0.3) is 0 Å². The van der Waals surface area contributed by atoms with Crippen LogP contribution in [-0.4, -0.2) is 23.7 Å². The van der Waals surface area contributed by atoms with E-state index in [1.54, 1.807) is 20.8 Å². The number of carboxylic acid groups (broad SMARTS) is 1. The van der Waals surface area contributed by atoms with E-state index in [9.17, 15) is 14.0 Å². The number of carbonyl (C=O) groups excluding carboxylic acids is 1. The van der Waals surface area contributed by atoms with Crippen LogP contribution in [0.5, 0.6) is 0 Å². The second-order valence-electron chi connectivity index (χ2n) is 4.40. The topological polar surface area (TPSA) is 63.6 Å². The summed E-state index contributed by atoms with van der Waals surface area (Å²) < 4.78 is 17.7. The maximum absolute atomic E-state index is 13.2. The van der Waals surface area contributed by atoms with Crippen molar-refractivity contribution >= 4 is 11.9 Å². The largest absolute Gasteiger partial charge is 0.481 e. The molecule has 1 N–H and O–H groups in total. The van der Waals surface area contributed by atoms with Gasteiger partial charge in [-0.05, 0) is 24.3 Å². The first-order valence-electron chi connectivity index (χ1n) is 5.09. The van der Waals surface area contributed by atoms with Crippen LogP contribution in [-0.2, 0) is 14.3 Å². The Morgan fingerprint density at radius 1 is 1.50 bits per heavy atom. The van der Waals surface area contributed by atoms with Crippen LogP contribution in [0.15, 0.2) is 11.9 Å². The predicted molar refractivity (Wildman–Crippen MR) is 54.2 cm³/mol. The summed E-state index contributed by atoms with van der Waals surface area (Å²) in [5, 5.41) is 8.85. The third kappa shape index (κ3) is 2.23. The van der Waals surface area contributed by atoms with Gasteiger partial charge in [-0.25, -0.2) is 4.79 Å². The molecule has 0 aliphatic heterocycles. The lowest BCUT2D eigenvalue weighted by atomic mass is 10.1. The molecule has 0 saturated heterocycles. The first-order chi connectivity index (χ1) is 7.32. The second kappa shape index (κ2) is 4.23. The summed E-state index contributed by atoms with van der Waals surface area (Å²) in [6.07, 6.45) is 1.05. The lowest BCUT2D eigenvalue weighted by molar-refractivity contribution is -0.141. The van der Waals surface area contributed by atoms with E-state index in [0.29, 0.717) is 0 Å². The minimum atomic E-state index is -1.03. The molecule has 1 aliphatic rings. The van der Waals surface area contributed by atoms with E-state index in [-0.39, 0.29) is 6.61 Å². The molecule has 90 valence electrons. The fourth-order valence-electron chi connectivity index (χ4n) is 1.89. The summed E-state index contributed by atoms with van der Waals surface area (Å²) >= 11 is 0. The number of rotatable bonds is 4. The first-order valence-corrected chi connectivity index (χ1v) is 5.09. The third-order valence-corrected chi connectivity index (χ3v) is 2.97. The lowest BCUT2D eigenvalue weighted by Crippen LogP contribution is -2.05. The van der Waals surface area contributed by atoms with Gasteiger partial charge in [-0.3, -0.25) is 4.79 Å². The van der Waals surface area contributed by atoms with Crippen LogP contribution < -0.4 is 0 Å². The maximum atomic E-state index is 13.2. The van der Waals surface area contributed by atoms with Crippen molar-refractivity contribution in [2.24, 2.45) is 17.3 Å². The highest BCUT2D eigenvalue weighted by molar-refractivity contribution is 5.86. The monoisotopic (exact) mass is 230 g/mol. The number of hydrogen-bond acceptors (Lipinski definition) is 3. The van der Waals surface area contributed by atoms with Gasteiger partial charge in [0.05, 0.1) is 12.5 Å². The normalized spacial score (nSPS) is 27.4. The first kappa shape index (κ1) is 12.7. The number of allylic oxidation sites excluding steroid dienone is 1. The lowest BCUT2D eigenvalue weighted by Gasteiger charge is -1.99. The zero-order chi connectivity index (χ0) is 12.5. The molecule has 0 aromatic rings. The van der Waals surface area contributed by atoms with Gasteiger partial charge in [-0.15, -0.1) is 0 Å². The highest BCUT2D eigenvalue weighted by Crippen LogP contribution is 2.59. The SMILES string of the molecule is CCOC(=O)C(F)=C[C@@H]1[C@@H](C(=O)O)C1(C)C. The molecular weight excluding hydrogens is 215 g/mol. The van der Waals surface area contributed by atoms with Gasteiger partial charge in [0.25, 0.3) is 0 Å². The van der Waals surface area contributed by atoms with Crippen LogP contribution in [0.2, 0.25) is 0 Å². The molecule has 1 rings (SSSR count). The Hall–Kier alpha value is -1.39. The summed E-state index contributed by atoms with van der Waals surface area (Å²) in [5.41, 5.74) is -0.504. The van der Waals surface area contributed by atoms with E-state index in [0.717, 1.165) is 6.08 Å². The fraction of sp³-hybridized carbons (Fsp3) is 0.636. The minimum absolute atomic E-state index is 0.0938. The maximum Gasteiger partial charge on any atom is 0.366 e. The predicted octanol–water partition coefficient (Wildman–Crippen LogP) is 1.76. The molecule has 0 amide bonds. The smallest absolute Gasteiger partial charge is 0.366 e. The third-order valence-electron chi connectivity index (χ3n) is 2.97. The Balaban J connectivity index is 2.72. The molecule has 2 atom stereocenters. The summed E-state index contributed by atoms with van der Waals surface area (Å²) in [5.74, 6) is -4.09. The molecule has 0 spiro atoms. The average Bonchev–Trinajstić information content (AvgIpc) is 2.68. The molecule has 1 fully saturated rings. The van der Waals surface area contributed by atoms with Gasteiger partial charge in [-0.1, -0.05) is 13.8 Å². The van der Waals surface area contributed by atoms with Crippen molar-refractivity contribution in [2.75, 3.05) is 6.61 Å². The minimum Gasteiger partial charge on any atom is -0.481 e. The van der Waals surface area contributed by atoms with E-state index in [1.807, 2.05) is 0 Å². The standard InChI is InChI=1S/C11H15FO4/c1-4-16-10(15)7(12)5-6-8(9(13)14)11(6,2)3/h5-6,8H,4H2,1-3H3,(H,13,14)/t6-,8+/m1/s1. The van der Waals surface area contributed by atoms with Gasteiger partial charge in [0.2, 0.25) is 5.83 Å². The zero-order valence-corrected chi connectivity index (χ0v) is 9.49. The molecule has 1 aliphatic carbocycles. The van der Waals surface area contributed by atoms with Crippen LogP contribution in [0.1, 0.15) is 20.8 Å². The summed E-state index contributed by atoms with van der Waals surface area (Å²) in [6, 6.07) is 0. The number of aliphatic carboxylic acids is 1. The van der Waals surface area contributed by atoms with E-state index in [2.05, 4.69) is 4.74 Å². The van der Waals surface area contributed by atoms with Crippen LogP contribution in [0.3, 0.4) is 0 Å². The van der Waals surface area contributed by atoms with Crippen molar-refractivity contribution in [3.05, 3.63) is 11.9 Å². The molecule has 0 radical (unpaired) electrons. The second-order valence-corrected chi connectivity index (χ2v) is 4.40. The Morgan fingerprint density at radius 2 is 2.06 bits per heavy atom. The van der Waals surface area contributed by atoms with Crippen molar-refractivity contribution in [3.63, 3.8) is 0 Å². The molecule has 5 heteroatoms. The molecule has 0 heterocycles. The molecular formula is C11H15FO4. The molecule has 16 heavy (non-hydrogen) atoms. The summed E-state index contributed by atoms with van der Waals surface area (Å²) in [7, 11) is 0. The zero-order valence-electron chi connectivity index (χ0n) is 9.49. The molecule has 0 unspecified atom stereocenters. The number of hydrogen-bond donors (Lipinski definition) is 1. The van der Waals surface area contributed by atoms with E-state index >= 15 is 0 Å². The number of carboxylic acids is 1. The Morgan fingerprint density at radius 3 is 2.44 bits per heavy atom. The van der Waals surface area contributed by atoms with Crippen molar-refractivity contribution in [2.45, 2.75) is 20.8 Å². The summed E-state index contributed by atoms with van der Waals surface area (Å²) in [4.78, 5) is 21.8. The summed E-state index contributed by atoms with van der Waals surface area (Å²) in [6.45, 7) is 5.12. The molecule has 4 nitrogen and oxygen atoms in total. The van der Waals surface area contributed by atoms with Crippen molar-refractivity contribution < 1.29 is 23.8 Å². The van der Waals surface area contributed by atoms with E-state index in [4.69, 9.17) is 5.11 Å². The average molecular weight is 230 g/mol. The van der Waals surface area contributed by atoms with Crippen molar-refractivity contribution in [1.82, 2.24) is 0 Å². The highest BCUT2D eigenvalue weighted by Gasteiger charge is 2.61. The number of halogens is 1. The van der Waals surface area contributed by atoms with Crippen molar-refractivity contribution in [3.8, 4) is 0 Å².